The minimum Gasteiger partial charge on any atom is -0.409 e. The topological polar surface area (TPSA) is 140 Å². The Balaban J connectivity index is 2.19. The van der Waals surface area contributed by atoms with Crippen LogP contribution in [0.15, 0.2) is 11.4 Å². The zero-order valence-corrected chi connectivity index (χ0v) is 11.6. The predicted octanol–water partition coefficient (Wildman–Crippen LogP) is -1.11. The maximum absolute atomic E-state index is 12.1. The van der Waals surface area contributed by atoms with E-state index in [2.05, 4.69) is 15.6 Å². The van der Waals surface area contributed by atoms with Crippen LogP contribution < -0.4 is 11.1 Å². The molecule has 1 fully saturated rings. The number of rotatable bonds is 3. The molecule has 2 heterocycles. The van der Waals surface area contributed by atoms with Crippen LogP contribution in [0.4, 0.5) is 5.82 Å². The molecule has 1 atom stereocenters. The molecule has 1 aliphatic rings. The zero-order valence-electron chi connectivity index (χ0n) is 10.8. The monoisotopic (exact) mass is 301 g/mol. The average molecular weight is 301 g/mol. The highest BCUT2D eigenvalue weighted by atomic mass is 32.2. The van der Waals surface area contributed by atoms with Gasteiger partial charge in [0.05, 0.1) is 29.2 Å². The fourth-order valence-electron chi connectivity index (χ4n) is 2.05. The summed E-state index contributed by atoms with van der Waals surface area (Å²) >= 11 is 0. The average Bonchev–Trinajstić information content (AvgIpc) is 2.93. The maximum Gasteiger partial charge on any atom is 0.229 e. The van der Waals surface area contributed by atoms with Gasteiger partial charge in [-0.2, -0.15) is 5.10 Å². The number of anilines is 1. The minimum atomic E-state index is -3.13. The Morgan fingerprint density at radius 3 is 2.90 bits per heavy atom. The van der Waals surface area contributed by atoms with Crippen LogP contribution in [0.1, 0.15) is 12.0 Å². The number of carbonyl (C=O) groups excluding carboxylic acids is 1. The van der Waals surface area contributed by atoms with E-state index in [1.54, 1.807) is 7.05 Å². The number of oxime groups is 1. The molecule has 1 unspecified atom stereocenters. The number of hydrogen-bond donors (Lipinski definition) is 3. The van der Waals surface area contributed by atoms with Crippen LogP contribution in [-0.4, -0.2) is 46.7 Å². The molecule has 10 heteroatoms. The molecule has 4 N–H and O–H groups in total. The van der Waals surface area contributed by atoms with Crippen molar-refractivity contribution in [2.24, 2.45) is 23.9 Å². The van der Waals surface area contributed by atoms with E-state index in [9.17, 15) is 13.2 Å². The molecule has 0 spiro atoms. The number of amidine groups is 1. The SMILES string of the molecule is Cn1ncc(C(N)=NO)c1NC(=O)C1CCS(=O)(=O)C1. The van der Waals surface area contributed by atoms with Crippen LogP contribution in [0, 0.1) is 5.92 Å². The number of nitrogens with zero attached hydrogens (tertiary/aromatic N) is 3. The number of sulfone groups is 1. The first-order valence-corrected chi connectivity index (χ1v) is 7.67. The van der Waals surface area contributed by atoms with E-state index in [0.29, 0.717) is 6.42 Å². The first kappa shape index (κ1) is 14.3. The standard InChI is InChI=1S/C10H15N5O4S/c1-15-9(7(4-12-15)8(11)14-17)13-10(16)6-2-3-20(18,19)5-6/h4,6,17H,2-3,5H2,1H3,(H2,11,14)(H,13,16). The van der Waals surface area contributed by atoms with Gasteiger partial charge in [-0.3, -0.25) is 9.48 Å². The van der Waals surface area contributed by atoms with E-state index in [1.165, 1.54) is 10.9 Å². The largest absolute Gasteiger partial charge is 0.409 e. The second kappa shape index (κ2) is 5.12. The van der Waals surface area contributed by atoms with Crippen molar-refractivity contribution < 1.29 is 18.4 Å². The lowest BCUT2D eigenvalue weighted by molar-refractivity contribution is -0.119. The summed E-state index contributed by atoms with van der Waals surface area (Å²) < 4.78 is 24.1. The van der Waals surface area contributed by atoms with Crippen molar-refractivity contribution in [1.29, 1.82) is 0 Å². The molecule has 1 aromatic rings. The maximum atomic E-state index is 12.1. The zero-order chi connectivity index (χ0) is 14.9. The van der Waals surface area contributed by atoms with E-state index < -0.39 is 21.7 Å². The van der Waals surface area contributed by atoms with Gasteiger partial charge >= 0.3 is 0 Å². The highest BCUT2D eigenvalue weighted by molar-refractivity contribution is 7.91. The van der Waals surface area contributed by atoms with E-state index in [1.807, 2.05) is 0 Å². The number of aromatic nitrogens is 2. The van der Waals surface area contributed by atoms with Gasteiger partial charge < -0.3 is 16.3 Å². The molecule has 20 heavy (non-hydrogen) atoms. The molecule has 1 saturated heterocycles. The molecule has 0 aliphatic carbocycles. The molecule has 1 amide bonds. The summed E-state index contributed by atoms with van der Waals surface area (Å²) in [5.41, 5.74) is 5.75. The summed E-state index contributed by atoms with van der Waals surface area (Å²) in [5.74, 6) is -1.07. The van der Waals surface area contributed by atoms with Crippen molar-refractivity contribution in [2.75, 3.05) is 16.8 Å². The van der Waals surface area contributed by atoms with E-state index in [0.717, 1.165) is 0 Å². The van der Waals surface area contributed by atoms with Crippen molar-refractivity contribution in [1.82, 2.24) is 9.78 Å². The third-order valence-corrected chi connectivity index (χ3v) is 4.94. The fourth-order valence-corrected chi connectivity index (χ4v) is 3.79. The van der Waals surface area contributed by atoms with E-state index in [-0.39, 0.29) is 28.7 Å². The molecular weight excluding hydrogens is 286 g/mol. The number of hydrogen-bond acceptors (Lipinski definition) is 6. The smallest absolute Gasteiger partial charge is 0.229 e. The second-order valence-corrected chi connectivity index (χ2v) is 6.83. The number of nitrogens with two attached hydrogens (primary N) is 1. The Morgan fingerprint density at radius 1 is 1.65 bits per heavy atom. The Kier molecular flexibility index (Phi) is 3.66. The molecule has 1 aromatic heterocycles. The summed E-state index contributed by atoms with van der Waals surface area (Å²) in [4.78, 5) is 12.1. The third kappa shape index (κ3) is 2.74. The minimum absolute atomic E-state index is 0.0174. The second-order valence-electron chi connectivity index (χ2n) is 4.60. The summed E-state index contributed by atoms with van der Waals surface area (Å²) in [6.45, 7) is 0. The molecular formula is C10H15N5O4S. The van der Waals surface area contributed by atoms with Crippen LogP contribution in [0.25, 0.3) is 0 Å². The quantitative estimate of drug-likeness (QED) is 0.280. The van der Waals surface area contributed by atoms with Gasteiger partial charge in [0.25, 0.3) is 0 Å². The Bertz CT molecular complexity index is 663. The number of carbonyl (C=O) groups is 1. The lowest BCUT2D eigenvalue weighted by Crippen LogP contribution is -2.26. The molecule has 0 bridgehead atoms. The molecule has 1 aliphatic heterocycles. The number of amides is 1. The highest BCUT2D eigenvalue weighted by Crippen LogP contribution is 2.21. The van der Waals surface area contributed by atoms with Crippen molar-refractivity contribution in [3.8, 4) is 0 Å². The van der Waals surface area contributed by atoms with Crippen LogP contribution in [0.2, 0.25) is 0 Å². The number of aryl methyl sites for hydroxylation is 1. The van der Waals surface area contributed by atoms with Crippen molar-refractivity contribution in [3.63, 3.8) is 0 Å². The molecule has 9 nitrogen and oxygen atoms in total. The van der Waals surface area contributed by atoms with Crippen LogP contribution in [0.5, 0.6) is 0 Å². The molecule has 0 radical (unpaired) electrons. The van der Waals surface area contributed by atoms with Gasteiger partial charge in [-0.15, -0.1) is 0 Å². The highest BCUT2D eigenvalue weighted by Gasteiger charge is 2.33. The normalized spacial score (nSPS) is 21.9. The Hall–Kier alpha value is -2.10. The molecule has 2 rings (SSSR count). The van der Waals surface area contributed by atoms with E-state index >= 15 is 0 Å². The molecule has 110 valence electrons. The van der Waals surface area contributed by atoms with Crippen LogP contribution in [-0.2, 0) is 21.7 Å². The van der Waals surface area contributed by atoms with Gasteiger partial charge in [0, 0.05) is 7.05 Å². The van der Waals surface area contributed by atoms with Gasteiger partial charge in [-0.05, 0) is 6.42 Å². The Labute approximate surface area is 115 Å². The van der Waals surface area contributed by atoms with Crippen LogP contribution in [0.3, 0.4) is 0 Å². The summed E-state index contributed by atoms with van der Waals surface area (Å²) in [7, 11) is -1.55. The fraction of sp³-hybridized carbons (Fsp3) is 0.500. The summed E-state index contributed by atoms with van der Waals surface area (Å²) in [5, 5.41) is 18.0. The van der Waals surface area contributed by atoms with Gasteiger partial charge in [0.1, 0.15) is 5.82 Å². The summed E-state index contributed by atoms with van der Waals surface area (Å²) in [6.07, 6.45) is 1.64. The van der Waals surface area contributed by atoms with Gasteiger partial charge in [0.15, 0.2) is 15.7 Å². The molecule has 0 saturated carbocycles. The van der Waals surface area contributed by atoms with Crippen molar-refractivity contribution in [2.45, 2.75) is 6.42 Å². The first-order valence-electron chi connectivity index (χ1n) is 5.85. The first-order chi connectivity index (χ1) is 9.34. The van der Waals surface area contributed by atoms with Gasteiger partial charge in [0.2, 0.25) is 5.91 Å². The third-order valence-electron chi connectivity index (χ3n) is 3.17. The van der Waals surface area contributed by atoms with E-state index in [4.69, 9.17) is 10.9 Å². The molecule has 0 aromatic carbocycles. The lowest BCUT2D eigenvalue weighted by Gasteiger charge is -2.11. The number of nitrogens with one attached hydrogen (secondary N) is 1. The van der Waals surface area contributed by atoms with Crippen LogP contribution >= 0.6 is 0 Å². The van der Waals surface area contributed by atoms with Crippen molar-refractivity contribution >= 4 is 27.4 Å². The van der Waals surface area contributed by atoms with Gasteiger partial charge in [-0.25, -0.2) is 8.42 Å². The summed E-state index contributed by atoms with van der Waals surface area (Å²) in [6, 6.07) is 0. The predicted molar refractivity (Wildman–Crippen MR) is 71.1 cm³/mol. The lowest BCUT2D eigenvalue weighted by atomic mass is 10.1. The Morgan fingerprint density at radius 2 is 2.35 bits per heavy atom. The van der Waals surface area contributed by atoms with Gasteiger partial charge in [-0.1, -0.05) is 5.16 Å². The van der Waals surface area contributed by atoms with Crippen molar-refractivity contribution in [3.05, 3.63) is 11.8 Å².